The van der Waals surface area contributed by atoms with Crippen LogP contribution in [0.2, 0.25) is 0 Å². The van der Waals surface area contributed by atoms with Gasteiger partial charge in [0, 0.05) is 0 Å². The molecule has 0 aromatic carbocycles. The third-order valence-electron chi connectivity index (χ3n) is 1.13. The van der Waals surface area contributed by atoms with Crippen LogP contribution in [0.4, 0.5) is 0 Å². The summed E-state index contributed by atoms with van der Waals surface area (Å²) in [5.41, 5.74) is 0.933. The van der Waals surface area contributed by atoms with E-state index in [2.05, 4.69) is 25.9 Å². The molecule has 0 aliphatic heterocycles. The van der Waals surface area contributed by atoms with Crippen molar-refractivity contribution in [1.29, 1.82) is 0 Å². The molecular formula is C7H8BrNOS. The highest BCUT2D eigenvalue weighted by molar-refractivity contribution is 9.09. The van der Waals surface area contributed by atoms with Gasteiger partial charge < -0.3 is 4.84 Å². The lowest BCUT2D eigenvalue weighted by molar-refractivity contribution is 0.213. The molecule has 0 bridgehead atoms. The number of halogens is 1. The summed E-state index contributed by atoms with van der Waals surface area (Å²) in [7, 11) is 1.55. The van der Waals surface area contributed by atoms with Gasteiger partial charge in [0.05, 0.1) is 10.2 Å². The quantitative estimate of drug-likeness (QED) is 0.447. The number of thiophene rings is 1. The van der Waals surface area contributed by atoms with Gasteiger partial charge >= 0.3 is 0 Å². The highest BCUT2D eigenvalue weighted by Crippen LogP contribution is 2.11. The lowest BCUT2D eigenvalue weighted by Gasteiger charge is -1.95. The van der Waals surface area contributed by atoms with Gasteiger partial charge in [0.15, 0.2) is 0 Å². The van der Waals surface area contributed by atoms with Gasteiger partial charge in [-0.25, -0.2) is 0 Å². The molecule has 60 valence electrons. The molecule has 1 aromatic rings. The average Bonchev–Trinajstić information content (AvgIpc) is 2.52. The van der Waals surface area contributed by atoms with Crippen LogP contribution in [0.5, 0.6) is 0 Å². The van der Waals surface area contributed by atoms with Crippen LogP contribution in [-0.4, -0.2) is 18.2 Å². The van der Waals surface area contributed by atoms with Crippen LogP contribution in [0.1, 0.15) is 4.88 Å². The van der Waals surface area contributed by atoms with E-state index in [1.165, 1.54) is 0 Å². The zero-order valence-electron chi connectivity index (χ0n) is 6.08. The molecule has 11 heavy (non-hydrogen) atoms. The third kappa shape index (κ3) is 2.31. The first kappa shape index (κ1) is 8.74. The Morgan fingerprint density at radius 2 is 2.64 bits per heavy atom. The maximum atomic E-state index is 4.68. The van der Waals surface area contributed by atoms with E-state index in [9.17, 15) is 0 Å². The molecule has 0 N–H and O–H groups in total. The lowest BCUT2D eigenvalue weighted by atomic mass is 10.3. The Kier molecular flexibility index (Phi) is 3.59. The van der Waals surface area contributed by atoms with Crippen molar-refractivity contribution in [2.75, 3.05) is 12.4 Å². The summed E-state index contributed by atoms with van der Waals surface area (Å²) in [6.07, 6.45) is 0. The molecule has 0 aliphatic carbocycles. The minimum Gasteiger partial charge on any atom is -0.399 e. The second-order valence-electron chi connectivity index (χ2n) is 1.83. The Hall–Kier alpha value is -0.350. The first-order valence-electron chi connectivity index (χ1n) is 3.08. The Labute approximate surface area is 78.0 Å². The summed E-state index contributed by atoms with van der Waals surface area (Å²) >= 11 is 4.99. The Morgan fingerprint density at radius 3 is 3.09 bits per heavy atom. The zero-order valence-corrected chi connectivity index (χ0v) is 8.48. The zero-order chi connectivity index (χ0) is 8.10. The minimum atomic E-state index is 0.724. The van der Waals surface area contributed by atoms with E-state index in [1.807, 2.05) is 17.5 Å². The lowest BCUT2D eigenvalue weighted by Crippen LogP contribution is -1.99. The Bertz CT molecular complexity index is 233. The van der Waals surface area contributed by atoms with Gasteiger partial charge in [-0.2, -0.15) is 0 Å². The molecule has 1 aromatic heterocycles. The molecule has 4 heteroatoms. The molecule has 2 nitrogen and oxygen atoms in total. The Morgan fingerprint density at radius 1 is 1.82 bits per heavy atom. The Balaban J connectivity index is 2.79. The van der Waals surface area contributed by atoms with Crippen molar-refractivity contribution < 1.29 is 4.84 Å². The normalized spacial score (nSPS) is 11.6. The third-order valence-corrected chi connectivity index (χ3v) is 2.58. The topological polar surface area (TPSA) is 21.6 Å². The van der Waals surface area contributed by atoms with E-state index < -0.39 is 0 Å². The fraction of sp³-hybridized carbons (Fsp3) is 0.286. The maximum Gasteiger partial charge on any atom is 0.107 e. The van der Waals surface area contributed by atoms with Crippen LogP contribution in [0.25, 0.3) is 0 Å². The van der Waals surface area contributed by atoms with Crippen molar-refractivity contribution in [3.05, 3.63) is 22.4 Å². The summed E-state index contributed by atoms with van der Waals surface area (Å²) in [4.78, 5) is 5.83. The van der Waals surface area contributed by atoms with E-state index in [4.69, 9.17) is 0 Å². The molecule has 0 saturated heterocycles. The van der Waals surface area contributed by atoms with E-state index in [0.29, 0.717) is 0 Å². The first-order valence-corrected chi connectivity index (χ1v) is 5.08. The van der Waals surface area contributed by atoms with Gasteiger partial charge in [-0.05, 0) is 11.4 Å². The number of hydrogen-bond acceptors (Lipinski definition) is 3. The average molecular weight is 234 g/mol. The summed E-state index contributed by atoms with van der Waals surface area (Å²) in [6, 6.07) is 4.01. The summed E-state index contributed by atoms with van der Waals surface area (Å²) in [6.45, 7) is 0. The molecule has 0 spiro atoms. The second kappa shape index (κ2) is 4.51. The van der Waals surface area contributed by atoms with Crippen LogP contribution >= 0.6 is 27.3 Å². The molecule has 0 amide bonds. The maximum absolute atomic E-state index is 4.68. The van der Waals surface area contributed by atoms with Crippen LogP contribution in [0.3, 0.4) is 0 Å². The monoisotopic (exact) mass is 233 g/mol. The summed E-state index contributed by atoms with van der Waals surface area (Å²) < 4.78 is 0. The van der Waals surface area contributed by atoms with Crippen molar-refractivity contribution in [2.24, 2.45) is 5.16 Å². The van der Waals surface area contributed by atoms with Crippen LogP contribution in [0.15, 0.2) is 22.7 Å². The molecule has 1 heterocycles. The first-order chi connectivity index (χ1) is 5.38. The molecular weight excluding hydrogens is 226 g/mol. The molecule has 0 unspecified atom stereocenters. The minimum absolute atomic E-state index is 0.724. The molecule has 0 atom stereocenters. The number of alkyl halides is 1. The molecule has 0 saturated carbocycles. The van der Waals surface area contributed by atoms with Gasteiger partial charge in [0.2, 0.25) is 0 Å². The van der Waals surface area contributed by atoms with Gasteiger partial charge in [0.25, 0.3) is 0 Å². The smallest absolute Gasteiger partial charge is 0.107 e. The SMILES string of the molecule is CO/N=C(\CBr)c1cccs1. The fourth-order valence-corrected chi connectivity index (χ4v) is 1.98. The van der Waals surface area contributed by atoms with Crippen LogP contribution < -0.4 is 0 Å². The number of nitrogens with zero attached hydrogens (tertiary/aromatic N) is 1. The molecule has 1 rings (SSSR count). The number of oxime groups is 1. The van der Waals surface area contributed by atoms with Crippen molar-refractivity contribution >= 4 is 33.0 Å². The predicted molar refractivity (Wildman–Crippen MR) is 51.7 cm³/mol. The van der Waals surface area contributed by atoms with Gasteiger partial charge in [-0.15, -0.1) is 11.3 Å². The molecule has 0 radical (unpaired) electrons. The van der Waals surface area contributed by atoms with Crippen LogP contribution in [-0.2, 0) is 4.84 Å². The number of rotatable bonds is 3. The standard InChI is InChI=1S/C7H8BrNOS/c1-10-9-6(5-8)7-3-2-4-11-7/h2-4H,5H2,1H3/b9-6+. The van der Waals surface area contributed by atoms with Gasteiger partial charge in [-0.3, -0.25) is 0 Å². The van der Waals surface area contributed by atoms with E-state index >= 15 is 0 Å². The summed E-state index contributed by atoms with van der Waals surface area (Å²) in [5, 5.41) is 6.61. The van der Waals surface area contributed by atoms with E-state index in [0.717, 1.165) is 15.9 Å². The predicted octanol–water partition coefficient (Wildman–Crippen LogP) is 2.49. The molecule has 0 aliphatic rings. The van der Waals surface area contributed by atoms with Crippen molar-refractivity contribution in [3.8, 4) is 0 Å². The van der Waals surface area contributed by atoms with Gasteiger partial charge in [-0.1, -0.05) is 27.2 Å². The van der Waals surface area contributed by atoms with Gasteiger partial charge in [0.1, 0.15) is 12.8 Å². The number of hydrogen-bond donors (Lipinski definition) is 0. The highest BCUT2D eigenvalue weighted by Gasteiger charge is 2.02. The van der Waals surface area contributed by atoms with Crippen molar-refractivity contribution in [2.45, 2.75) is 0 Å². The largest absolute Gasteiger partial charge is 0.399 e. The second-order valence-corrected chi connectivity index (χ2v) is 3.34. The molecule has 0 fully saturated rings. The summed E-state index contributed by atoms with van der Waals surface area (Å²) in [5.74, 6) is 0. The van der Waals surface area contributed by atoms with Crippen molar-refractivity contribution in [3.63, 3.8) is 0 Å². The highest BCUT2D eigenvalue weighted by atomic mass is 79.9. The van der Waals surface area contributed by atoms with Crippen LogP contribution in [0, 0.1) is 0 Å². The van der Waals surface area contributed by atoms with E-state index in [1.54, 1.807) is 18.4 Å². The fourth-order valence-electron chi connectivity index (χ4n) is 0.688. The van der Waals surface area contributed by atoms with Crippen molar-refractivity contribution in [1.82, 2.24) is 0 Å². The van der Waals surface area contributed by atoms with E-state index in [-0.39, 0.29) is 0 Å².